The van der Waals surface area contributed by atoms with Gasteiger partial charge in [0.15, 0.2) is 0 Å². The average molecular weight is 292 g/mol. The van der Waals surface area contributed by atoms with Crippen LogP contribution in [0, 0.1) is 11.8 Å². The van der Waals surface area contributed by atoms with Crippen molar-refractivity contribution in [3.63, 3.8) is 0 Å². The van der Waals surface area contributed by atoms with Gasteiger partial charge in [-0.25, -0.2) is 4.79 Å². The molecule has 0 unspecified atom stereocenters. The molecule has 0 radical (unpaired) electrons. The van der Waals surface area contributed by atoms with E-state index >= 15 is 0 Å². The van der Waals surface area contributed by atoms with Gasteiger partial charge in [0.05, 0.1) is 6.61 Å². The molecule has 0 bridgehead atoms. The molecular weight excluding hydrogens is 276 g/mol. The number of hydrogen-bond donors (Lipinski definition) is 0. The molecule has 2 rings (SSSR count). The molecule has 0 saturated carbocycles. The SMILES string of the molecule is CCOC(=O)/C(C#Cc1ccccc1)=C\Oc1ccccc1. The predicted octanol–water partition coefficient (Wildman–Crippen LogP) is 3.56. The van der Waals surface area contributed by atoms with Gasteiger partial charge in [-0.2, -0.15) is 0 Å². The maximum Gasteiger partial charge on any atom is 0.349 e. The third-order valence-electron chi connectivity index (χ3n) is 2.67. The maximum atomic E-state index is 11.9. The highest BCUT2D eigenvalue weighted by molar-refractivity contribution is 5.93. The summed E-state index contributed by atoms with van der Waals surface area (Å²) in [6, 6.07) is 18.6. The second kappa shape index (κ2) is 8.33. The molecule has 0 fully saturated rings. The van der Waals surface area contributed by atoms with Crippen molar-refractivity contribution in [1.82, 2.24) is 0 Å². The topological polar surface area (TPSA) is 35.5 Å². The fraction of sp³-hybridized carbons (Fsp3) is 0.105. The van der Waals surface area contributed by atoms with Crippen LogP contribution in [0.2, 0.25) is 0 Å². The van der Waals surface area contributed by atoms with Crippen molar-refractivity contribution in [2.45, 2.75) is 6.92 Å². The lowest BCUT2D eigenvalue weighted by atomic mass is 10.2. The smallest absolute Gasteiger partial charge is 0.349 e. The summed E-state index contributed by atoms with van der Waals surface area (Å²) in [6.45, 7) is 2.03. The Balaban J connectivity index is 2.20. The largest absolute Gasteiger partial charge is 0.463 e. The second-order valence-corrected chi connectivity index (χ2v) is 4.30. The Hall–Kier alpha value is -2.99. The molecule has 3 heteroatoms. The summed E-state index contributed by atoms with van der Waals surface area (Å²) in [5.74, 6) is 5.86. The average Bonchev–Trinajstić information content (AvgIpc) is 2.57. The van der Waals surface area contributed by atoms with Gasteiger partial charge in [-0.3, -0.25) is 0 Å². The number of hydrogen-bond acceptors (Lipinski definition) is 3. The fourth-order valence-electron chi connectivity index (χ4n) is 1.62. The van der Waals surface area contributed by atoms with Gasteiger partial charge in [-0.1, -0.05) is 48.2 Å². The predicted molar refractivity (Wildman–Crippen MR) is 85.1 cm³/mol. The molecule has 0 aliphatic rings. The summed E-state index contributed by atoms with van der Waals surface area (Å²) in [6.07, 6.45) is 1.32. The van der Waals surface area contributed by atoms with E-state index in [2.05, 4.69) is 11.8 Å². The Morgan fingerprint density at radius 3 is 2.32 bits per heavy atom. The van der Waals surface area contributed by atoms with Crippen molar-refractivity contribution in [2.75, 3.05) is 6.61 Å². The first-order valence-corrected chi connectivity index (χ1v) is 6.95. The first-order valence-electron chi connectivity index (χ1n) is 6.95. The van der Waals surface area contributed by atoms with E-state index in [1.165, 1.54) is 6.26 Å². The van der Waals surface area contributed by atoms with E-state index < -0.39 is 5.97 Å². The van der Waals surface area contributed by atoms with E-state index in [9.17, 15) is 4.79 Å². The summed E-state index contributed by atoms with van der Waals surface area (Å²) in [7, 11) is 0. The van der Waals surface area contributed by atoms with Crippen LogP contribution in [0.1, 0.15) is 12.5 Å². The minimum absolute atomic E-state index is 0.176. The van der Waals surface area contributed by atoms with Crippen molar-refractivity contribution in [2.24, 2.45) is 0 Å². The zero-order chi connectivity index (χ0) is 15.6. The first kappa shape index (κ1) is 15.4. The van der Waals surface area contributed by atoms with Gasteiger partial charge in [0.25, 0.3) is 0 Å². The van der Waals surface area contributed by atoms with Gasteiger partial charge in [-0.05, 0) is 31.2 Å². The monoisotopic (exact) mass is 292 g/mol. The molecule has 0 spiro atoms. The summed E-state index contributed by atoms with van der Waals surface area (Å²) in [4.78, 5) is 11.9. The minimum Gasteiger partial charge on any atom is -0.463 e. The number of ether oxygens (including phenoxy) is 2. The quantitative estimate of drug-likeness (QED) is 0.374. The van der Waals surface area contributed by atoms with E-state index in [1.807, 2.05) is 48.5 Å². The first-order chi connectivity index (χ1) is 10.8. The van der Waals surface area contributed by atoms with Crippen molar-refractivity contribution >= 4 is 5.97 Å². The Kier molecular flexibility index (Phi) is 5.83. The van der Waals surface area contributed by atoms with E-state index in [4.69, 9.17) is 9.47 Å². The lowest BCUT2D eigenvalue weighted by Gasteiger charge is -2.02. The molecule has 0 N–H and O–H groups in total. The number of esters is 1. The van der Waals surface area contributed by atoms with E-state index in [0.717, 1.165) is 5.56 Å². The molecule has 22 heavy (non-hydrogen) atoms. The third kappa shape index (κ3) is 4.84. The molecule has 0 saturated heterocycles. The zero-order valence-corrected chi connectivity index (χ0v) is 12.3. The minimum atomic E-state index is -0.498. The highest BCUT2D eigenvalue weighted by Gasteiger charge is 2.08. The standard InChI is InChI=1S/C19H16O3/c1-2-21-19(20)17(14-13-16-9-5-3-6-10-16)15-22-18-11-7-4-8-12-18/h3-12,15H,2H2,1H3/b17-15-. The van der Waals surface area contributed by atoms with E-state index in [1.54, 1.807) is 19.1 Å². The molecule has 0 heterocycles. The third-order valence-corrected chi connectivity index (χ3v) is 2.67. The summed E-state index contributed by atoms with van der Waals surface area (Å²) < 4.78 is 10.4. The molecular formula is C19H16O3. The number of rotatable bonds is 4. The lowest BCUT2D eigenvalue weighted by molar-refractivity contribution is -0.138. The van der Waals surface area contributed by atoms with Gasteiger partial charge < -0.3 is 9.47 Å². The molecule has 2 aromatic rings. The number of carbonyl (C=O) groups is 1. The highest BCUT2D eigenvalue weighted by atomic mass is 16.5. The highest BCUT2D eigenvalue weighted by Crippen LogP contribution is 2.10. The molecule has 2 aromatic carbocycles. The van der Waals surface area contributed by atoms with Crippen LogP contribution in [0.15, 0.2) is 72.5 Å². The Morgan fingerprint density at radius 1 is 1.05 bits per heavy atom. The van der Waals surface area contributed by atoms with Crippen LogP contribution in [0.25, 0.3) is 0 Å². The van der Waals surface area contributed by atoms with Crippen molar-refractivity contribution < 1.29 is 14.3 Å². The van der Waals surface area contributed by atoms with Gasteiger partial charge in [0.2, 0.25) is 0 Å². The van der Waals surface area contributed by atoms with Crippen LogP contribution in [0.3, 0.4) is 0 Å². The van der Waals surface area contributed by atoms with Crippen LogP contribution < -0.4 is 4.74 Å². The molecule has 0 atom stereocenters. The molecule has 0 aromatic heterocycles. The Labute approximate surface area is 130 Å². The van der Waals surface area contributed by atoms with Crippen LogP contribution >= 0.6 is 0 Å². The van der Waals surface area contributed by atoms with Gasteiger partial charge >= 0.3 is 5.97 Å². The number of benzene rings is 2. The van der Waals surface area contributed by atoms with Crippen LogP contribution in [0.4, 0.5) is 0 Å². The van der Waals surface area contributed by atoms with Crippen LogP contribution in [-0.2, 0) is 9.53 Å². The fourth-order valence-corrected chi connectivity index (χ4v) is 1.62. The molecule has 0 aliphatic carbocycles. The van der Waals surface area contributed by atoms with Gasteiger partial charge in [0.1, 0.15) is 17.6 Å². The molecule has 0 aliphatic heterocycles. The second-order valence-electron chi connectivity index (χ2n) is 4.30. The summed E-state index contributed by atoms with van der Waals surface area (Å²) in [5, 5.41) is 0. The number of carbonyl (C=O) groups excluding carboxylic acids is 1. The van der Waals surface area contributed by atoms with E-state index in [-0.39, 0.29) is 12.2 Å². The Bertz CT molecular complexity index is 692. The normalized spacial score (nSPS) is 10.3. The Morgan fingerprint density at radius 2 is 1.68 bits per heavy atom. The maximum absolute atomic E-state index is 11.9. The van der Waals surface area contributed by atoms with Gasteiger partial charge in [0, 0.05) is 5.56 Å². The van der Waals surface area contributed by atoms with Crippen LogP contribution in [0.5, 0.6) is 5.75 Å². The lowest BCUT2D eigenvalue weighted by Crippen LogP contribution is -2.07. The number of para-hydroxylation sites is 1. The van der Waals surface area contributed by atoms with Gasteiger partial charge in [-0.15, -0.1) is 0 Å². The van der Waals surface area contributed by atoms with Crippen LogP contribution in [-0.4, -0.2) is 12.6 Å². The molecule has 110 valence electrons. The van der Waals surface area contributed by atoms with Crippen molar-refractivity contribution in [3.05, 3.63) is 78.1 Å². The van der Waals surface area contributed by atoms with Crippen molar-refractivity contribution in [1.29, 1.82) is 0 Å². The van der Waals surface area contributed by atoms with Crippen molar-refractivity contribution in [3.8, 4) is 17.6 Å². The molecule has 0 amide bonds. The zero-order valence-electron chi connectivity index (χ0n) is 12.3. The summed E-state index contributed by atoms with van der Waals surface area (Å²) in [5.41, 5.74) is 0.993. The molecule has 3 nitrogen and oxygen atoms in total. The van der Waals surface area contributed by atoms with E-state index in [0.29, 0.717) is 5.75 Å². The summed E-state index contributed by atoms with van der Waals surface area (Å²) >= 11 is 0.